The Kier molecular flexibility index (Phi) is 6.81. The maximum atomic E-state index is 11.1. The SMILES string of the molecule is CCC(CCOP(=O)(O)OP(=O)(O)O)=C(C)C. The molecule has 0 aliphatic carbocycles. The van der Waals surface area contributed by atoms with E-state index in [-0.39, 0.29) is 6.61 Å². The Morgan fingerprint density at radius 1 is 1.18 bits per heavy atom. The lowest BCUT2D eigenvalue weighted by Gasteiger charge is -2.13. The number of hydrogen-bond donors (Lipinski definition) is 3. The highest BCUT2D eigenvalue weighted by Crippen LogP contribution is 2.57. The molecule has 0 radical (unpaired) electrons. The molecule has 0 heterocycles. The topological polar surface area (TPSA) is 113 Å². The van der Waals surface area contributed by atoms with Gasteiger partial charge in [-0.1, -0.05) is 18.1 Å². The molecule has 0 aromatic rings. The molecule has 102 valence electrons. The van der Waals surface area contributed by atoms with Gasteiger partial charge < -0.3 is 14.7 Å². The van der Waals surface area contributed by atoms with E-state index in [1.165, 1.54) is 0 Å². The van der Waals surface area contributed by atoms with Crippen LogP contribution in [-0.2, 0) is 18.0 Å². The maximum absolute atomic E-state index is 11.1. The second kappa shape index (κ2) is 6.81. The van der Waals surface area contributed by atoms with Crippen LogP contribution in [0.2, 0.25) is 0 Å². The average molecular weight is 288 g/mol. The fourth-order valence-corrected chi connectivity index (χ4v) is 2.81. The van der Waals surface area contributed by atoms with Crippen LogP contribution in [0.25, 0.3) is 0 Å². The van der Waals surface area contributed by atoms with Gasteiger partial charge in [0.2, 0.25) is 0 Å². The lowest BCUT2D eigenvalue weighted by Crippen LogP contribution is -1.98. The van der Waals surface area contributed by atoms with Crippen molar-refractivity contribution >= 4 is 15.6 Å². The van der Waals surface area contributed by atoms with Gasteiger partial charge in [0.05, 0.1) is 6.61 Å². The van der Waals surface area contributed by atoms with Crippen LogP contribution in [0.5, 0.6) is 0 Å². The van der Waals surface area contributed by atoms with E-state index in [4.69, 9.17) is 14.7 Å². The van der Waals surface area contributed by atoms with Crippen molar-refractivity contribution in [3.05, 3.63) is 11.1 Å². The Balaban J connectivity index is 4.26. The van der Waals surface area contributed by atoms with E-state index in [9.17, 15) is 9.13 Å². The second-order valence-electron chi connectivity index (χ2n) is 3.58. The molecule has 0 saturated carbocycles. The molecule has 1 atom stereocenters. The second-order valence-corrected chi connectivity index (χ2v) is 6.41. The van der Waals surface area contributed by atoms with Gasteiger partial charge in [-0.3, -0.25) is 4.52 Å². The first kappa shape index (κ1) is 17.0. The summed E-state index contributed by atoms with van der Waals surface area (Å²) in [6.45, 7) is 5.61. The molecule has 0 aromatic heterocycles. The molecule has 1 unspecified atom stereocenters. The van der Waals surface area contributed by atoms with Crippen LogP contribution in [0.3, 0.4) is 0 Å². The smallest absolute Gasteiger partial charge is 0.302 e. The first-order chi connectivity index (χ1) is 7.57. The van der Waals surface area contributed by atoms with Gasteiger partial charge in [0.25, 0.3) is 0 Å². The van der Waals surface area contributed by atoms with Crippen LogP contribution >= 0.6 is 15.6 Å². The molecule has 0 saturated heterocycles. The third-order valence-electron chi connectivity index (χ3n) is 2.00. The van der Waals surface area contributed by atoms with Crippen molar-refractivity contribution < 1.29 is 32.6 Å². The zero-order valence-corrected chi connectivity index (χ0v) is 11.8. The Labute approximate surface area is 100 Å². The van der Waals surface area contributed by atoms with E-state index >= 15 is 0 Å². The van der Waals surface area contributed by atoms with Gasteiger partial charge in [0, 0.05) is 0 Å². The van der Waals surface area contributed by atoms with Gasteiger partial charge >= 0.3 is 15.6 Å². The van der Waals surface area contributed by atoms with Crippen LogP contribution in [-0.4, -0.2) is 21.3 Å². The fraction of sp³-hybridized carbons (Fsp3) is 0.750. The van der Waals surface area contributed by atoms with Crippen molar-refractivity contribution in [3.63, 3.8) is 0 Å². The highest BCUT2D eigenvalue weighted by Gasteiger charge is 2.32. The van der Waals surface area contributed by atoms with Gasteiger partial charge in [0.15, 0.2) is 0 Å². The minimum atomic E-state index is -5.03. The van der Waals surface area contributed by atoms with Gasteiger partial charge in [-0.05, 0) is 26.7 Å². The normalized spacial score (nSPS) is 15.4. The summed E-state index contributed by atoms with van der Waals surface area (Å²) in [7, 11) is -9.72. The maximum Gasteiger partial charge on any atom is 0.481 e. The minimum absolute atomic E-state index is 0.137. The van der Waals surface area contributed by atoms with E-state index < -0.39 is 15.6 Å². The van der Waals surface area contributed by atoms with Crippen LogP contribution in [0.4, 0.5) is 0 Å². The monoisotopic (exact) mass is 288 g/mol. The van der Waals surface area contributed by atoms with Gasteiger partial charge in [-0.2, -0.15) is 4.31 Å². The summed E-state index contributed by atoms with van der Waals surface area (Å²) in [4.78, 5) is 25.7. The molecular formula is C8H18O7P2. The summed E-state index contributed by atoms with van der Waals surface area (Å²) in [5, 5.41) is 0. The first-order valence-corrected chi connectivity index (χ1v) is 7.99. The van der Waals surface area contributed by atoms with Gasteiger partial charge in [-0.15, -0.1) is 0 Å². The van der Waals surface area contributed by atoms with Crippen molar-refractivity contribution in [2.24, 2.45) is 0 Å². The molecule has 0 rings (SSSR count). The summed E-state index contributed by atoms with van der Waals surface area (Å²) >= 11 is 0. The summed E-state index contributed by atoms with van der Waals surface area (Å²) < 4.78 is 29.5. The quantitative estimate of drug-likeness (QED) is 0.486. The molecule has 0 aliphatic rings. The van der Waals surface area contributed by atoms with Crippen LogP contribution in [0.15, 0.2) is 11.1 Å². The van der Waals surface area contributed by atoms with E-state index in [0.717, 1.165) is 17.6 Å². The zero-order valence-electron chi connectivity index (χ0n) is 9.99. The largest absolute Gasteiger partial charge is 0.481 e. The highest BCUT2D eigenvalue weighted by molar-refractivity contribution is 7.60. The standard InChI is InChI=1S/C8H18O7P2/c1-4-8(7(2)3)5-6-14-17(12,13)15-16(9,10)11/h4-6H2,1-3H3,(H,12,13)(H2,9,10,11). The first-order valence-electron chi connectivity index (χ1n) is 4.97. The van der Waals surface area contributed by atoms with Gasteiger partial charge in [0.1, 0.15) is 0 Å². The van der Waals surface area contributed by atoms with E-state index in [1.54, 1.807) is 0 Å². The lowest BCUT2D eigenvalue weighted by molar-refractivity contribution is 0.179. The van der Waals surface area contributed by atoms with E-state index in [1.807, 2.05) is 20.8 Å². The Bertz CT molecular complexity index is 366. The molecule has 0 spiro atoms. The Morgan fingerprint density at radius 3 is 2.06 bits per heavy atom. The third-order valence-corrected chi connectivity index (χ3v) is 4.19. The average Bonchev–Trinajstić information content (AvgIpc) is 2.07. The number of rotatable bonds is 7. The minimum Gasteiger partial charge on any atom is -0.302 e. The molecule has 7 nitrogen and oxygen atoms in total. The van der Waals surface area contributed by atoms with Crippen molar-refractivity contribution in [1.29, 1.82) is 0 Å². The molecule has 0 bridgehead atoms. The predicted molar refractivity (Wildman–Crippen MR) is 62.2 cm³/mol. The third kappa shape index (κ3) is 8.69. The van der Waals surface area contributed by atoms with E-state index in [0.29, 0.717) is 6.42 Å². The number of hydrogen-bond acceptors (Lipinski definition) is 4. The molecule has 0 fully saturated rings. The Morgan fingerprint density at radius 2 is 1.71 bits per heavy atom. The molecule has 9 heteroatoms. The van der Waals surface area contributed by atoms with E-state index in [2.05, 4.69) is 8.83 Å². The van der Waals surface area contributed by atoms with Crippen molar-refractivity contribution in [2.75, 3.05) is 6.61 Å². The Hall–Kier alpha value is -0.0000000000000000555. The summed E-state index contributed by atoms with van der Waals surface area (Å²) in [5.41, 5.74) is 2.14. The van der Waals surface area contributed by atoms with Crippen molar-refractivity contribution in [3.8, 4) is 0 Å². The number of phosphoric acid groups is 2. The molecule has 3 N–H and O–H groups in total. The lowest BCUT2D eigenvalue weighted by atomic mass is 10.1. The summed E-state index contributed by atoms with van der Waals surface area (Å²) in [6.07, 6.45) is 1.19. The predicted octanol–water partition coefficient (Wildman–Crippen LogP) is 2.35. The van der Waals surface area contributed by atoms with Crippen molar-refractivity contribution in [2.45, 2.75) is 33.6 Å². The number of phosphoric ester groups is 1. The number of allylic oxidation sites excluding steroid dienone is 1. The molecule has 0 aromatic carbocycles. The van der Waals surface area contributed by atoms with Gasteiger partial charge in [-0.25, -0.2) is 9.13 Å². The molecule has 0 amide bonds. The molecule has 0 aliphatic heterocycles. The molecule has 17 heavy (non-hydrogen) atoms. The van der Waals surface area contributed by atoms with Crippen LogP contribution in [0, 0.1) is 0 Å². The summed E-state index contributed by atoms with van der Waals surface area (Å²) in [5.74, 6) is 0. The molecular weight excluding hydrogens is 270 g/mol. The van der Waals surface area contributed by atoms with Crippen LogP contribution in [0.1, 0.15) is 33.6 Å². The highest BCUT2D eigenvalue weighted by atomic mass is 31.3. The summed E-state index contributed by atoms with van der Waals surface area (Å²) in [6, 6.07) is 0. The van der Waals surface area contributed by atoms with Crippen LogP contribution < -0.4 is 0 Å². The fourth-order valence-electron chi connectivity index (χ4n) is 1.22. The zero-order chi connectivity index (χ0) is 13.7. The van der Waals surface area contributed by atoms with Crippen molar-refractivity contribution in [1.82, 2.24) is 0 Å².